The van der Waals surface area contributed by atoms with Crippen LogP contribution in [0.15, 0.2) is 199 Å². The summed E-state index contributed by atoms with van der Waals surface area (Å²) in [7, 11) is -2.68. The molecule has 0 radical (unpaired) electrons. The van der Waals surface area contributed by atoms with Crippen molar-refractivity contribution in [2.45, 2.75) is 0 Å². The maximum atomic E-state index is 2.77. The zero-order valence-electron chi connectivity index (χ0n) is 30.6. The van der Waals surface area contributed by atoms with E-state index in [0.717, 1.165) is 0 Å². The molecule has 0 unspecified atom stereocenters. The lowest BCUT2D eigenvalue weighted by Gasteiger charge is -2.37. The molecule has 2 aliphatic carbocycles. The fraction of sp³-hybridized carbons (Fsp3) is 0. The molecule has 1 spiro atoms. The van der Waals surface area contributed by atoms with E-state index in [1.807, 2.05) is 0 Å². The van der Waals surface area contributed by atoms with Gasteiger partial charge in [-0.2, -0.15) is 0 Å². The maximum absolute atomic E-state index is 2.77. The number of benzene rings is 9. The minimum atomic E-state index is -2.68. The van der Waals surface area contributed by atoms with Crippen molar-refractivity contribution in [3.05, 3.63) is 211 Å². The quantitative estimate of drug-likeness (QED) is 0.160. The highest BCUT2D eigenvalue weighted by Crippen LogP contribution is 2.53. The largest absolute Gasteiger partial charge is 0.240 e. The number of hydrogen-bond acceptors (Lipinski definition) is 0. The molecule has 0 bridgehead atoms. The minimum absolute atomic E-state index is 0.182. The van der Waals surface area contributed by atoms with Gasteiger partial charge >= 0.3 is 0 Å². The van der Waals surface area contributed by atoms with Gasteiger partial charge in [-0.05, 0) is 88.3 Å². The summed E-state index contributed by atoms with van der Waals surface area (Å²) in [5.41, 5.74) is 25.8. The summed E-state index contributed by atoms with van der Waals surface area (Å²) < 4.78 is 0. The average molecular weight is 721 g/mol. The number of fused-ring (bicyclic) bond motifs is 10. The molecule has 0 fully saturated rings. The topological polar surface area (TPSA) is 0 Å². The summed E-state index contributed by atoms with van der Waals surface area (Å²) >= 11 is 0. The zero-order valence-corrected chi connectivity index (χ0v) is 31.6. The fourth-order valence-corrected chi connectivity index (χ4v) is 15.7. The lowest BCUT2D eigenvalue weighted by Crippen LogP contribution is -2.77. The molecular formula is C54H33BSi. The van der Waals surface area contributed by atoms with E-state index in [1.54, 1.807) is 0 Å². The molecule has 2 heteroatoms. The van der Waals surface area contributed by atoms with E-state index in [4.69, 9.17) is 0 Å². The van der Waals surface area contributed by atoms with Crippen LogP contribution >= 0.6 is 0 Å². The molecular weight excluding hydrogens is 687 g/mol. The monoisotopic (exact) mass is 720 g/mol. The molecule has 256 valence electrons. The summed E-state index contributed by atoms with van der Waals surface area (Å²) in [5, 5.41) is 8.40. The Morgan fingerprint density at radius 2 is 0.661 bits per heavy atom. The Morgan fingerprint density at radius 1 is 0.286 bits per heavy atom. The molecule has 2 aliphatic heterocycles. The Labute approximate surface area is 327 Å². The minimum Gasteiger partial charge on any atom is -0.0737 e. The molecule has 0 saturated carbocycles. The van der Waals surface area contributed by atoms with Gasteiger partial charge in [0.2, 0.25) is 6.71 Å². The molecule has 0 saturated heterocycles. The van der Waals surface area contributed by atoms with E-state index in [0.29, 0.717) is 0 Å². The summed E-state index contributed by atoms with van der Waals surface area (Å²) in [6, 6.07) is 71.3. The second kappa shape index (κ2) is 11.2. The molecule has 56 heavy (non-hydrogen) atoms. The fourth-order valence-electron chi connectivity index (χ4n) is 11.1. The van der Waals surface area contributed by atoms with Crippen LogP contribution in [0.4, 0.5) is 0 Å². The van der Waals surface area contributed by atoms with Crippen molar-refractivity contribution >= 4 is 74.2 Å². The summed E-state index contributed by atoms with van der Waals surface area (Å²) in [6.07, 6.45) is 0. The van der Waals surface area contributed by atoms with Crippen LogP contribution in [0.25, 0.3) is 77.2 Å². The van der Waals surface area contributed by atoms with Gasteiger partial charge < -0.3 is 0 Å². The molecule has 0 aromatic heterocycles. The number of hydrogen-bond donors (Lipinski definition) is 0. The van der Waals surface area contributed by atoms with E-state index in [9.17, 15) is 0 Å². The van der Waals surface area contributed by atoms with Crippen molar-refractivity contribution in [2.24, 2.45) is 0 Å². The highest BCUT2D eigenvalue weighted by Gasteiger charge is 2.48. The maximum Gasteiger partial charge on any atom is 0.240 e. The lowest BCUT2D eigenvalue weighted by atomic mass is 9.36. The van der Waals surface area contributed by atoms with Crippen LogP contribution in [0, 0.1) is 0 Å². The van der Waals surface area contributed by atoms with E-state index in [1.165, 1.54) is 115 Å². The molecule has 9 aromatic carbocycles. The Balaban J connectivity index is 1.13. The highest BCUT2D eigenvalue weighted by atomic mass is 28.3. The van der Waals surface area contributed by atoms with Crippen molar-refractivity contribution < 1.29 is 0 Å². The molecule has 4 aliphatic rings. The molecule has 0 N–H and O–H groups in total. The lowest BCUT2D eigenvalue weighted by molar-refractivity contribution is 1.66. The predicted octanol–water partition coefficient (Wildman–Crippen LogP) is 9.94. The molecule has 13 rings (SSSR count). The van der Waals surface area contributed by atoms with Gasteiger partial charge in [-0.15, -0.1) is 0 Å². The van der Waals surface area contributed by atoms with Gasteiger partial charge in [0.05, 0.1) is 0 Å². The van der Waals surface area contributed by atoms with Gasteiger partial charge in [0, 0.05) is 0 Å². The van der Waals surface area contributed by atoms with Crippen molar-refractivity contribution in [2.75, 3.05) is 0 Å². The third-order valence-electron chi connectivity index (χ3n) is 13.3. The van der Waals surface area contributed by atoms with Crippen LogP contribution in [0.5, 0.6) is 0 Å². The van der Waals surface area contributed by atoms with Crippen LogP contribution < -0.4 is 26.8 Å². The van der Waals surface area contributed by atoms with E-state index in [2.05, 4.69) is 199 Å². The smallest absolute Gasteiger partial charge is 0.0737 e. The van der Waals surface area contributed by atoms with Gasteiger partial charge in [-0.1, -0.05) is 226 Å². The Bertz CT molecular complexity index is 3000. The normalized spacial score (nSPS) is 14.8. The highest BCUT2D eigenvalue weighted by molar-refractivity contribution is 7.20. The third kappa shape index (κ3) is 3.89. The van der Waals surface area contributed by atoms with Crippen molar-refractivity contribution in [1.29, 1.82) is 0 Å². The van der Waals surface area contributed by atoms with Crippen LogP contribution in [0.1, 0.15) is 11.1 Å². The molecule has 0 amide bonds. The first-order valence-corrected chi connectivity index (χ1v) is 22.0. The first-order valence-electron chi connectivity index (χ1n) is 19.8. The van der Waals surface area contributed by atoms with Crippen LogP contribution in [-0.4, -0.2) is 14.8 Å². The van der Waals surface area contributed by atoms with Crippen LogP contribution in [0.3, 0.4) is 0 Å². The molecule has 2 heterocycles. The molecule has 0 nitrogen and oxygen atoms in total. The van der Waals surface area contributed by atoms with E-state index >= 15 is 0 Å². The van der Waals surface area contributed by atoms with Crippen molar-refractivity contribution in [3.63, 3.8) is 0 Å². The SMILES string of the molecule is C1=C(c2ccc3c4c(cccc24)-c2ccccc2-3)C(c2ccc3c4c(cccc24)-c2ccccc2-3)=C[Si]12c1ccccc1B(c1ccccc1)c1ccccc12. The first-order chi connectivity index (χ1) is 27.8. The van der Waals surface area contributed by atoms with Gasteiger partial charge in [-0.3, -0.25) is 0 Å². The Kier molecular flexibility index (Phi) is 6.10. The van der Waals surface area contributed by atoms with Gasteiger partial charge in [0.25, 0.3) is 0 Å². The summed E-state index contributed by atoms with van der Waals surface area (Å²) in [6.45, 7) is 0.182. The standard InChI is InChI=1S/C54H33BSi/c1-2-14-34(15-3-1)55-49-24-8-10-26-51(49)56(52-27-11-9-25-50(52)55)32-47(39-28-30-45-37-18-6-4-16-35(37)41-20-12-22-43(39)53(41)45)48(33-56)40-29-31-46-38-19-7-5-17-36(38)42-21-13-23-44(40)54(42)46/h1-33H. The molecule has 0 atom stereocenters. The summed E-state index contributed by atoms with van der Waals surface area (Å²) in [4.78, 5) is 0. The molecule has 9 aromatic rings. The van der Waals surface area contributed by atoms with Gasteiger partial charge in [0.1, 0.15) is 0 Å². The second-order valence-electron chi connectivity index (χ2n) is 15.9. The van der Waals surface area contributed by atoms with Crippen LogP contribution in [0.2, 0.25) is 0 Å². The van der Waals surface area contributed by atoms with E-state index in [-0.39, 0.29) is 6.71 Å². The first kappa shape index (κ1) is 30.6. The second-order valence-corrected chi connectivity index (χ2v) is 19.3. The zero-order chi connectivity index (χ0) is 36.5. The van der Waals surface area contributed by atoms with Crippen molar-refractivity contribution in [1.82, 2.24) is 0 Å². The predicted molar refractivity (Wildman–Crippen MR) is 242 cm³/mol. The average Bonchev–Trinajstić information content (AvgIpc) is 3.93. The van der Waals surface area contributed by atoms with Crippen molar-refractivity contribution in [3.8, 4) is 44.5 Å². The number of rotatable bonds is 3. The van der Waals surface area contributed by atoms with Gasteiger partial charge in [-0.25, -0.2) is 0 Å². The Morgan fingerprint density at radius 3 is 1.14 bits per heavy atom. The third-order valence-corrected chi connectivity index (χ3v) is 17.5. The Hall–Kier alpha value is -6.74. The van der Waals surface area contributed by atoms with E-state index < -0.39 is 8.07 Å². The van der Waals surface area contributed by atoms with Crippen LogP contribution in [-0.2, 0) is 0 Å². The van der Waals surface area contributed by atoms with Gasteiger partial charge in [0.15, 0.2) is 8.07 Å². The number of allylic oxidation sites excluding steroid dienone is 2. The summed E-state index contributed by atoms with van der Waals surface area (Å²) in [5.74, 6) is 0.